The van der Waals surface area contributed by atoms with Gasteiger partial charge in [-0.05, 0) is 79.1 Å². The summed E-state index contributed by atoms with van der Waals surface area (Å²) in [5.74, 6) is -1.56. The van der Waals surface area contributed by atoms with Crippen LogP contribution in [-0.4, -0.2) is 50.1 Å². The maximum atomic E-state index is 13.6. The molecular formula is C28H29F2N3O3. The highest BCUT2D eigenvalue weighted by atomic mass is 19.1. The molecule has 0 bridgehead atoms. The predicted molar refractivity (Wildman–Crippen MR) is 135 cm³/mol. The zero-order valence-corrected chi connectivity index (χ0v) is 20.3. The molecule has 1 fully saturated rings. The lowest BCUT2D eigenvalue weighted by Gasteiger charge is -2.28. The third kappa shape index (κ3) is 6.26. The highest BCUT2D eigenvalue weighted by molar-refractivity contribution is 6.04. The van der Waals surface area contributed by atoms with Crippen LogP contribution in [0.15, 0.2) is 66.7 Å². The Morgan fingerprint density at radius 2 is 1.75 bits per heavy atom. The fraction of sp³-hybridized carbons (Fsp3) is 0.286. The average molecular weight is 494 g/mol. The number of rotatable bonds is 8. The Hall–Kier alpha value is -3.78. The van der Waals surface area contributed by atoms with Gasteiger partial charge in [0.15, 0.2) is 0 Å². The molecule has 1 atom stereocenters. The van der Waals surface area contributed by atoms with Gasteiger partial charge in [-0.15, -0.1) is 0 Å². The molecule has 1 saturated heterocycles. The van der Waals surface area contributed by atoms with Crippen LogP contribution in [0.25, 0.3) is 0 Å². The van der Waals surface area contributed by atoms with Crippen LogP contribution >= 0.6 is 0 Å². The molecule has 8 heteroatoms. The Balaban J connectivity index is 1.62. The number of benzene rings is 3. The number of hydrogen-bond donors (Lipinski definition) is 1. The fourth-order valence-corrected chi connectivity index (χ4v) is 4.29. The van der Waals surface area contributed by atoms with Crippen LogP contribution in [0.5, 0.6) is 0 Å². The quantitative estimate of drug-likeness (QED) is 0.474. The van der Waals surface area contributed by atoms with Gasteiger partial charge in [-0.3, -0.25) is 9.59 Å². The summed E-state index contributed by atoms with van der Waals surface area (Å²) < 4.78 is 32.8. The van der Waals surface area contributed by atoms with Gasteiger partial charge in [0.1, 0.15) is 11.6 Å². The van der Waals surface area contributed by atoms with E-state index in [1.807, 2.05) is 31.1 Å². The largest absolute Gasteiger partial charge is 0.377 e. The van der Waals surface area contributed by atoms with Crippen molar-refractivity contribution in [1.29, 1.82) is 0 Å². The molecule has 1 aliphatic heterocycles. The monoisotopic (exact) mass is 493 g/mol. The van der Waals surface area contributed by atoms with Crippen LogP contribution in [0.3, 0.4) is 0 Å². The van der Waals surface area contributed by atoms with Crippen LogP contribution in [-0.2, 0) is 11.3 Å². The van der Waals surface area contributed by atoms with Crippen molar-refractivity contribution < 1.29 is 23.1 Å². The first kappa shape index (κ1) is 25.3. The maximum Gasteiger partial charge on any atom is 0.255 e. The summed E-state index contributed by atoms with van der Waals surface area (Å²) in [7, 11) is 3.80. The number of hydrogen-bond acceptors (Lipinski definition) is 4. The van der Waals surface area contributed by atoms with Crippen LogP contribution in [0.1, 0.15) is 39.1 Å². The molecule has 36 heavy (non-hydrogen) atoms. The molecule has 1 heterocycles. The van der Waals surface area contributed by atoms with Gasteiger partial charge < -0.3 is 19.9 Å². The third-order valence-corrected chi connectivity index (χ3v) is 6.09. The summed E-state index contributed by atoms with van der Waals surface area (Å²) in [4.78, 5) is 29.7. The smallest absolute Gasteiger partial charge is 0.255 e. The van der Waals surface area contributed by atoms with E-state index < -0.39 is 17.5 Å². The first-order valence-electron chi connectivity index (χ1n) is 11.8. The van der Waals surface area contributed by atoms with Gasteiger partial charge in [0.05, 0.1) is 6.10 Å². The van der Waals surface area contributed by atoms with Crippen molar-refractivity contribution in [2.75, 3.05) is 37.5 Å². The molecule has 188 valence electrons. The zero-order chi connectivity index (χ0) is 25.7. The summed E-state index contributed by atoms with van der Waals surface area (Å²) in [6.07, 6.45) is 1.72. The molecule has 3 aromatic rings. The molecule has 6 nitrogen and oxygen atoms in total. The van der Waals surface area contributed by atoms with Crippen molar-refractivity contribution in [2.45, 2.75) is 25.5 Å². The molecule has 0 radical (unpaired) electrons. The predicted octanol–water partition coefficient (Wildman–Crippen LogP) is 5.10. The number of ether oxygens (including phenoxy) is 1. The van der Waals surface area contributed by atoms with E-state index >= 15 is 0 Å². The summed E-state index contributed by atoms with van der Waals surface area (Å²) >= 11 is 0. The number of anilines is 2. The van der Waals surface area contributed by atoms with E-state index in [1.54, 1.807) is 11.0 Å². The van der Waals surface area contributed by atoms with Crippen LogP contribution in [0.2, 0.25) is 0 Å². The van der Waals surface area contributed by atoms with E-state index in [4.69, 9.17) is 4.74 Å². The number of amides is 2. The van der Waals surface area contributed by atoms with Gasteiger partial charge in [-0.1, -0.05) is 6.07 Å². The fourth-order valence-electron chi connectivity index (χ4n) is 4.29. The Kier molecular flexibility index (Phi) is 7.95. The van der Waals surface area contributed by atoms with E-state index in [0.29, 0.717) is 24.4 Å². The second kappa shape index (κ2) is 11.3. The molecule has 1 N–H and O–H groups in total. The van der Waals surface area contributed by atoms with Crippen molar-refractivity contribution in [2.24, 2.45) is 0 Å². The highest BCUT2D eigenvalue weighted by Crippen LogP contribution is 2.27. The van der Waals surface area contributed by atoms with Crippen LogP contribution < -0.4 is 10.2 Å². The van der Waals surface area contributed by atoms with E-state index in [9.17, 15) is 18.4 Å². The molecule has 0 spiro atoms. The van der Waals surface area contributed by atoms with Crippen molar-refractivity contribution >= 4 is 23.2 Å². The summed E-state index contributed by atoms with van der Waals surface area (Å²) in [5, 5.41) is 2.81. The van der Waals surface area contributed by atoms with Crippen LogP contribution in [0, 0.1) is 11.6 Å². The molecule has 0 saturated carbocycles. The minimum Gasteiger partial charge on any atom is -0.377 e. The summed E-state index contributed by atoms with van der Waals surface area (Å²) in [5.41, 5.74) is 2.81. The molecule has 1 aliphatic rings. The molecule has 0 unspecified atom stereocenters. The average Bonchev–Trinajstić information content (AvgIpc) is 3.37. The van der Waals surface area contributed by atoms with Gasteiger partial charge >= 0.3 is 0 Å². The molecule has 2 amide bonds. The van der Waals surface area contributed by atoms with Crippen molar-refractivity contribution in [1.82, 2.24) is 4.90 Å². The Morgan fingerprint density at radius 3 is 2.42 bits per heavy atom. The van der Waals surface area contributed by atoms with Gasteiger partial charge in [0.2, 0.25) is 0 Å². The normalized spacial score (nSPS) is 14.9. The van der Waals surface area contributed by atoms with Crippen molar-refractivity contribution in [3.05, 3.63) is 95.1 Å². The molecule has 3 aromatic carbocycles. The molecule has 4 rings (SSSR count). The standard InChI is InChI=1S/C28H29F2N3O3/c1-32(2)26-13-12-24(31-27(34)20-5-3-6-23(30)15-20)16-21(26)17-33(18-25-7-4-14-36-25)28(35)19-8-10-22(29)11-9-19/h3,5-6,8-13,15-16,25H,4,7,14,17-18H2,1-2H3,(H,31,34)/t25-/m0/s1. The zero-order valence-electron chi connectivity index (χ0n) is 20.3. The second-order valence-electron chi connectivity index (χ2n) is 9.03. The van der Waals surface area contributed by atoms with Crippen molar-refractivity contribution in [3.63, 3.8) is 0 Å². The second-order valence-corrected chi connectivity index (χ2v) is 9.03. The Labute approximate surface area is 209 Å². The first-order valence-corrected chi connectivity index (χ1v) is 11.8. The number of carbonyl (C=O) groups excluding carboxylic acids is 2. The lowest BCUT2D eigenvalue weighted by atomic mass is 10.1. The Bertz CT molecular complexity index is 1220. The maximum absolute atomic E-state index is 13.6. The highest BCUT2D eigenvalue weighted by Gasteiger charge is 2.25. The number of carbonyl (C=O) groups is 2. The van der Waals surface area contributed by atoms with E-state index in [2.05, 4.69) is 5.32 Å². The number of nitrogens with zero attached hydrogens (tertiary/aromatic N) is 2. The third-order valence-electron chi connectivity index (χ3n) is 6.09. The SMILES string of the molecule is CN(C)c1ccc(NC(=O)c2cccc(F)c2)cc1CN(C[C@@H]1CCCO1)C(=O)c1ccc(F)cc1. The number of nitrogens with one attached hydrogen (secondary N) is 1. The lowest BCUT2D eigenvalue weighted by molar-refractivity contribution is 0.0507. The summed E-state index contributed by atoms with van der Waals surface area (Å²) in [6.45, 7) is 1.31. The van der Waals surface area contributed by atoms with E-state index in [-0.39, 0.29) is 24.1 Å². The minimum atomic E-state index is -0.490. The summed E-state index contributed by atoms with van der Waals surface area (Å²) in [6, 6.07) is 16.4. The molecule has 0 aromatic heterocycles. The van der Waals surface area contributed by atoms with Gasteiger partial charge in [0, 0.05) is 56.3 Å². The molecular weight excluding hydrogens is 464 g/mol. The van der Waals surface area contributed by atoms with Crippen LogP contribution in [0.4, 0.5) is 20.2 Å². The van der Waals surface area contributed by atoms with Gasteiger partial charge in [0.25, 0.3) is 11.8 Å². The lowest BCUT2D eigenvalue weighted by Crippen LogP contribution is -2.37. The van der Waals surface area contributed by atoms with Gasteiger partial charge in [-0.2, -0.15) is 0 Å². The topological polar surface area (TPSA) is 61.9 Å². The van der Waals surface area contributed by atoms with E-state index in [0.717, 1.165) is 24.1 Å². The Morgan fingerprint density at radius 1 is 0.972 bits per heavy atom. The molecule has 0 aliphatic carbocycles. The minimum absolute atomic E-state index is 0.0759. The van der Waals surface area contributed by atoms with Gasteiger partial charge in [-0.25, -0.2) is 8.78 Å². The van der Waals surface area contributed by atoms with Crippen molar-refractivity contribution in [3.8, 4) is 0 Å². The first-order chi connectivity index (χ1) is 17.3. The number of halogens is 2. The van der Waals surface area contributed by atoms with E-state index in [1.165, 1.54) is 48.5 Å².